The van der Waals surface area contributed by atoms with Crippen molar-refractivity contribution < 1.29 is 4.79 Å². The van der Waals surface area contributed by atoms with Gasteiger partial charge in [-0.25, -0.2) is 4.98 Å². The SMILES string of the molecule is CCc1nn(C(C)C)c2cc(N3CCN(C(=O)Cc4ncn[nH]4)[C@@H](Cc4ccccc4)C3)ccc12. The molecule has 0 bridgehead atoms. The number of aromatic amines is 1. The highest BCUT2D eigenvalue weighted by Crippen LogP contribution is 2.29. The molecule has 2 aromatic carbocycles. The van der Waals surface area contributed by atoms with E-state index in [1.165, 1.54) is 28.5 Å². The Kier molecular flexibility index (Phi) is 6.53. The minimum atomic E-state index is 0.0680. The number of piperazine rings is 1. The van der Waals surface area contributed by atoms with Crippen molar-refractivity contribution in [3.05, 3.63) is 71.9 Å². The number of hydrogen-bond acceptors (Lipinski definition) is 5. The molecule has 1 aliphatic rings. The molecule has 0 unspecified atom stereocenters. The fourth-order valence-corrected chi connectivity index (χ4v) is 5.08. The van der Waals surface area contributed by atoms with Crippen LogP contribution in [0.5, 0.6) is 0 Å². The Labute approximate surface area is 206 Å². The molecule has 1 N–H and O–H groups in total. The van der Waals surface area contributed by atoms with Gasteiger partial charge in [0.2, 0.25) is 5.91 Å². The average Bonchev–Trinajstić information content (AvgIpc) is 3.51. The van der Waals surface area contributed by atoms with Crippen LogP contribution in [-0.2, 0) is 24.1 Å². The monoisotopic (exact) mass is 471 g/mol. The van der Waals surface area contributed by atoms with E-state index in [2.05, 4.69) is 88.0 Å². The quantitative estimate of drug-likeness (QED) is 0.443. The molecule has 1 atom stereocenters. The van der Waals surface area contributed by atoms with Crippen LogP contribution in [0.25, 0.3) is 10.9 Å². The zero-order chi connectivity index (χ0) is 24.4. The lowest BCUT2D eigenvalue weighted by molar-refractivity contribution is -0.133. The Morgan fingerprint density at radius 1 is 1.14 bits per heavy atom. The fraction of sp³-hybridized carbons (Fsp3) is 0.407. The number of nitrogens with zero attached hydrogens (tertiary/aromatic N) is 6. The van der Waals surface area contributed by atoms with Crippen molar-refractivity contribution in [1.82, 2.24) is 29.9 Å². The van der Waals surface area contributed by atoms with Crippen molar-refractivity contribution in [3.8, 4) is 0 Å². The summed E-state index contributed by atoms with van der Waals surface area (Å²) < 4.78 is 2.14. The third kappa shape index (κ3) is 4.78. The van der Waals surface area contributed by atoms with Gasteiger partial charge in [-0.15, -0.1) is 0 Å². The van der Waals surface area contributed by atoms with Crippen LogP contribution in [0.15, 0.2) is 54.9 Å². The van der Waals surface area contributed by atoms with Gasteiger partial charge in [0.15, 0.2) is 0 Å². The van der Waals surface area contributed by atoms with Crippen molar-refractivity contribution in [2.24, 2.45) is 0 Å². The number of fused-ring (bicyclic) bond motifs is 1. The summed E-state index contributed by atoms with van der Waals surface area (Å²) >= 11 is 0. The molecule has 35 heavy (non-hydrogen) atoms. The number of anilines is 1. The Balaban J connectivity index is 1.42. The number of carbonyl (C=O) groups excluding carboxylic acids is 1. The maximum absolute atomic E-state index is 13.2. The van der Waals surface area contributed by atoms with E-state index in [1.807, 2.05) is 11.0 Å². The topological polar surface area (TPSA) is 82.9 Å². The van der Waals surface area contributed by atoms with Crippen molar-refractivity contribution in [3.63, 3.8) is 0 Å². The van der Waals surface area contributed by atoms with E-state index < -0.39 is 0 Å². The number of nitrogens with one attached hydrogen (secondary N) is 1. The van der Waals surface area contributed by atoms with Gasteiger partial charge in [-0.05, 0) is 50.5 Å². The third-order valence-corrected chi connectivity index (χ3v) is 6.86. The molecule has 0 saturated carbocycles. The number of hydrogen-bond donors (Lipinski definition) is 1. The zero-order valence-corrected chi connectivity index (χ0v) is 20.7. The second-order valence-corrected chi connectivity index (χ2v) is 9.53. The van der Waals surface area contributed by atoms with Crippen LogP contribution in [0.1, 0.15) is 43.9 Å². The predicted molar refractivity (Wildman–Crippen MR) is 137 cm³/mol. The van der Waals surface area contributed by atoms with E-state index in [0.717, 1.165) is 31.6 Å². The molecule has 5 rings (SSSR count). The highest BCUT2D eigenvalue weighted by atomic mass is 16.2. The van der Waals surface area contributed by atoms with Gasteiger partial charge < -0.3 is 9.80 Å². The Bertz CT molecular complexity index is 1280. The first-order valence-corrected chi connectivity index (χ1v) is 12.5. The van der Waals surface area contributed by atoms with Gasteiger partial charge in [0.05, 0.1) is 23.7 Å². The molecule has 0 spiro atoms. The number of carbonyl (C=O) groups is 1. The second-order valence-electron chi connectivity index (χ2n) is 9.53. The molecule has 1 fully saturated rings. The summed E-state index contributed by atoms with van der Waals surface area (Å²) in [6.45, 7) is 8.74. The maximum atomic E-state index is 13.2. The van der Waals surface area contributed by atoms with Gasteiger partial charge in [0.25, 0.3) is 0 Å². The largest absolute Gasteiger partial charge is 0.368 e. The van der Waals surface area contributed by atoms with E-state index in [9.17, 15) is 4.79 Å². The molecule has 2 aromatic heterocycles. The molecule has 0 aliphatic carbocycles. The maximum Gasteiger partial charge on any atom is 0.230 e. The van der Waals surface area contributed by atoms with E-state index in [1.54, 1.807) is 0 Å². The summed E-state index contributed by atoms with van der Waals surface area (Å²) in [6.07, 6.45) is 3.42. The normalized spacial score (nSPS) is 16.4. The Hall–Kier alpha value is -3.68. The number of amides is 1. The molecule has 0 radical (unpaired) electrons. The van der Waals surface area contributed by atoms with Crippen molar-refractivity contribution in [2.45, 2.75) is 52.1 Å². The van der Waals surface area contributed by atoms with Crippen LogP contribution in [0.2, 0.25) is 0 Å². The number of H-pyrrole nitrogens is 1. The van der Waals surface area contributed by atoms with Gasteiger partial charge >= 0.3 is 0 Å². The number of rotatable bonds is 7. The minimum absolute atomic E-state index is 0.0680. The highest BCUT2D eigenvalue weighted by Gasteiger charge is 2.31. The van der Waals surface area contributed by atoms with Gasteiger partial charge in [-0.3, -0.25) is 14.6 Å². The van der Waals surface area contributed by atoms with Gasteiger partial charge in [0.1, 0.15) is 12.2 Å². The fourth-order valence-electron chi connectivity index (χ4n) is 5.08. The summed E-state index contributed by atoms with van der Waals surface area (Å²) in [5, 5.41) is 12.8. The summed E-state index contributed by atoms with van der Waals surface area (Å²) in [5.41, 5.74) is 4.74. The molecule has 3 heterocycles. The predicted octanol–water partition coefficient (Wildman–Crippen LogP) is 3.80. The van der Waals surface area contributed by atoms with Crippen molar-refractivity contribution in [1.29, 1.82) is 0 Å². The first-order valence-electron chi connectivity index (χ1n) is 12.5. The Morgan fingerprint density at radius 3 is 2.69 bits per heavy atom. The molecule has 8 nitrogen and oxygen atoms in total. The molecular formula is C27H33N7O. The minimum Gasteiger partial charge on any atom is -0.368 e. The average molecular weight is 472 g/mol. The van der Waals surface area contributed by atoms with Gasteiger partial charge in [-0.2, -0.15) is 10.2 Å². The lowest BCUT2D eigenvalue weighted by atomic mass is 10.0. The van der Waals surface area contributed by atoms with Crippen LogP contribution < -0.4 is 4.90 Å². The summed E-state index contributed by atoms with van der Waals surface area (Å²) in [5.74, 6) is 0.693. The lowest BCUT2D eigenvalue weighted by Crippen LogP contribution is -2.56. The lowest BCUT2D eigenvalue weighted by Gasteiger charge is -2.42. The Morgan fingerprint density at radius 2 is 1.97 bits per heavy atom. The smallest absolute Gasteiger partial charge is 0.230 e. The molecule has 8 heteroatoms. The molecule has 1 aliphatic heterocycles. The van der Waals surface area contributed by atoms with Crippen LogP contribution in [0.3, 0.4) is 0 Å². The highest BCUT2D eigenvalue weighted by molar-refractivity contribution is 5.86. The van der Waals surface area contributed by atoms with E-state index in [-0.39, 0.29) is 18.4 Å². The number of aryl methyl sites for hydroxylation is 1. The van der Waals surface area contributed by atoms with Gasteiger partial charge in [0, 0.05) is 36.7 Å². The molecule has 182 valence electrons. The second kappa shape index (κ2) is 9.90. The summed E-state index contributed by atoms with van der Waals surface area (Å²) in [7, 11) is 0. The van der Waals surface area contributed by atoms with Crippen molar-refractivity contribution in [2.75, 3.05) is 24.5 Å². The number of aromatic nitrogens is 5. The van der Waals surface area contributed by atoms with Crippen molar-refractivity contribution >= 4 is 22.5 Å². The number of benzene rings is 2. The third-order valence-electron chi connectivity index (χ3n) is 6.86. The first kappa shape index (κ1) is 23.1. The molecule has 1 saturated heterocycles. The van der Waals surface area contributed by atoms with Gasteiger partial charge in [-0.1, -0.05) is 37.3 Å². The summed E-state index contributed by atoms with van der Waals surface area (Å²) in [6, 6.07) is 17.5. The van der Waals surface area contributed by atoms with Crippen LogP contribution in [0, 0.1) is 0 Å². The molecular weight excluding hydrogens is 438 g/mol. The van der Waals surface area contributed by atoms with E-state index in [4.69, 9.17) is 5.10 Å². The molecule has 1 amide bonds. The standard InChI is InChI=1S/C27H33N7O/c1-4-24-23-11-10-21(15-25(23)34(31-24)19(2)3)32-12-13-33(27(35)16-26-28-18-29-30-26)22(17-32)14-20-8-6-5-7-9-20/h5-11,15,18-19,22H,4,12-14,16-17H2,1-3H3,(H,28,29,30)/t22-/m0/s1. The van der Waals surface area contributed by atoms with E-state index in [0.29, 0.717) is 18.4 Å². The molecule has 4 aromatic rings. The van der Waals surface area contributed by atoms with Crippen LogP contribution in [-0.4, -0.2) is 61.4 Å². The first-order chi connectivity index (χ1) is 17.0. The van der Waals surface area contributed by atoms with Crippen LogP contribution in [0.4, 0.5) is 5.69 Å². The van der Waals surface area contributed by atoms with Crippen LogP contribution >= 0.6 is 0 Å². The zero-order valence-electron chi connectivity index (χ0n) is 20.7. The summed E-state index contributed by atoms with van der Waals surface area (Å²) in [4.78, 5) is 21.8. The van der Waals surface area contributed by atoms with E-state index >= 15 is 0 Å².